The van der Waals surface area contributed by atoms with Crippen molar-refractivity contribution in [2.75, 3.05) is 36.4 Å². The molecule has 3 aromatic rings. The number of amides is 1. The SMILES string of the molecule is O=C(NCCNc1cc(N2CCCC2)cnn1)c1cnc2ccccc2n1. The van der Waals surface area contributed by atoms with Crippen LogP contribution in [0.25, 0.3) is 11.0 Å². The summed E-state index contributed by atoms with van der Waals surface area (Å²) in [6.07, 6.45) is 5.72. The number of nitrogens with one attached hydrogen (secondary N) is 2. The maximum atomic E-state index is 12.3. The molecule has 138 valence electrons. The molecule has 1 aliphatic heterocycles. The fourth-order valence-electron chi connectivity index (χ4n) is 3.11. The van der Waals surface area contributed by atoms with Crippen molar-refractivity contribution in [3.63, 3.8) is 0 Å². The first-order chi connectivity index (χ1) is 13.3. The molecule has 8 nitrogen and oxygen atoms in total. The van der Waals surface area contributed by atoms with Gasteiger partial charge in [-0.3, -0.25) is 9.78 Å². The number of carbonyl (C=O) groups is 1. The van der Waals surface area contributed by atoms with Crippen LogP contribution in [-0.4, -0.2) is 52.3 Å². The zero-order chi connectivity index (χ0) is 18.5. The Kier molecular flexibility index (Phi) is 5.04. The zero-order valence-corrected chi connectivity index (χ0v) is 14.9. The molecule has 1 amide bonds. The largest absolute Gasteiger partial charge is 0.370 e. The van der Waals surface area contributed by atoms with Crippen molar-refractivity contribution in [2.24, 2.45) is 0 Å². The van der Waals surface area contributed by atoms with Crippen LogP contribution in [0.5, 0.6) is 0 Å². The Bertz CT molecular complexity index is 940. The fourth-order valence-corrected chi connectivity index (χ4v) is 3.11. The monoisotopic (exact) mass is 363 g/mol. The fraction of sp³-hybridized carbons (Fsp3) is 0.316. The molecule has 0 atom stereocenters. The molecule has 1 fully saturated rings. The Labute approximate surface area is 157 Å². The smallest absolute Gasteiger partial charge is 0.271 e. The minimum atomic E-state index is -0.244. The summed E-state index contributed by atoms with van der Waals surface area (Å²) in [5.41, 5.74) is 2.87. The highest BCUT2D eigenvalue weighted by molar-refractivity contribution is 5.93. The van der Waals surface area contributed by atoms with Crippen LogP contribution in [0, 0.1) is 0 Å². The van der Waals surface area contributed by atoms with Crippen LogP contribution in [0.4, 0.5) is 11.5 Å². The Morgan fingerprint density at radius 3 is 2.74 bits per heavy atom. The van der Waals surface area contributed by atoms with E-state index in [-0.39, 0.29) is 5.91 Å². The number of anilines is 2. The van der Waals surface area contributed by atoms with Gasteiger partial charge in [0.05, 0.1) is 29.1 Å². The molecule has 1 saturated heterocycles. The van der Waals surface area contributed by atoms with Gasteiger partial charge >= 0.3 is 0 Å². The van der Waals surface area contributed by atoms with Crippen LogP contribution >= 0.6 is 0 Å². The third kappa shape index (κ3) is 4.11. The van der Waals surface area contributed by atoms with Gasteiger partial charge in [0.15, 0.2) is 5.82 Å². The normalized spacial score (nSPS) is 13.7. The predicted octanol–water partition coefficient (Wildman–Crippen LogP) is 1.86. The van der Waals surface area contributed by atoms with Crippen molar-refractivity contribution in [3.05, 3.63) is 48.4 Å². The Morgan fingerprint density at radius 1 is 1.07 bits per heavy atom. The van der Waals surface area contributed by atoms with Crippen LogP contribution < -0.4 is 15.5 Å². The number of hydrogen-bond donors (Lipinski definition) is 2. The van der Waals surface area contributed by atoms with Gasteiger partial charge in [-0.2, -0.15) is 5.10 Å². The van der Waals surface area contributed by atoms with Gasteiger partial charge in [-0.25, -0.2) is 4.98 Å². The molecule has 1 aromatic carbocycles. The van der Waals surface area contributed by atoms with E-state index in [2.05, 4.69) is 35.7 Å². The van der Waals surface area contributed by atoms with Gasteiger partial charge in [-0.1, -0.05) is 12.1 Å². The summed E-state index contributed by atoms with van der Waals surface area (Å²) in [7, 11) is 0. The molecule has 4 rings (SSSR count). The van der Waals surface area contributed by atoms with Crippen LogP contribution in [0.1, 0.15) is 23.3 Å². The lowest BCUT2D eigenvalue weighted by Crippen LogP contribution is -2.29. The minimum absolute atomic E-state index is 0.244. The molecule has 8 heteroatoms. The number of fused-ring (bicyclic) bond motifs is 1. The molecular weight excluding hydrogens is 342 g/mol. The van der Waals surface area contributed by atoms with Crippen molar-refractivity contribution >= 4 is 28.4 Å². The van der Waals surface area contributed by atoms with E-state index in [9.17, 15) is 4.79 Å². The summed E-state index contributed by atoms with van der Waals surface area (Å²) in [4.78, 5) is 23.2. The number of aromatic nitrogens is 4. The molecule has 0 bridgehead atoms. The standard InChI is InChI=1S/C19H21N7O/c27-19(17-13-22-15-5-1-2-6-16(15)24-17)21-8-7-20-18-11-14(12-23-25-18)26-9-3-4-10-26/h1-2,5-6,11-13H,3-4,7-10H2,(H,20,25)(H,21,27). The number of carbonyl (C=O) groups excluding carboxylic acids is 1. The molecule has 0 spiro atoms. The van der Waals surface area contributed by atoms with E-state index in [0.29, 0.717) is 30.1 Å². The first kappa shape index (κ1) is 17.1. The van der Waals surface area contributed by atoms with E-state index in [1.54, 1.807) is 6.20 Å². The molecule has 0 unspecified atom stereocenters. The van der Waals surface area contributed by atoms with E-state index in [4.69, 9.17) is 0 Å². The van der Waals surface area contributed by atoms with Crippen LogP contribution in [0.3, 0.4) is 0 Å². The molecule has 2 aromatic heterocycles. The quantitative estimate of drug-likeness (QED) is 0.645. The van der Waals surface area contributed by atoms with Crippen LogP contribution in [0.2, 0.25) is 0 Å². The van der Waals surface area contributed by atoms with Gasteiger partial charge in [0, 0.05) is 32.2 Å². The average molecular weight is 363 g/mol. The van der Waals surface area contributed by atoms with Gasteiger partial charge in [-0.15, -0.1) is 5.10 Å². The van der Waals surface area contributed by atoms with Gasteiger partial charge in [0.25, 0.3) is 5.91 Å². The first-order valence-electron chi connectivity index (χ1n) is 9.11. The zero-order valence-electron chi connectivity index (χ0n) is 14.9. The second kappa shape index (κ2) is 7.94. The Hall–Kier alpha value is -3.29. The summed E-state index contributed by atoms with van der Waals surface area (Å²) < 4.78 is 0. The van der Waals surface area contributed by atoms with E-state index in [1.807, 2.05) is 30.3 Å². The van der Waals surface area contributed by atoms with Crippen molar-refractivity contribution < 1.29 is 4.79 Å². The second-order valence-corrected chi connectivity index (χ2v) is 6.42. The molecule has 0 radical (unpaired) electrons. The molecule has 1 aliphatic rings. The highest BCUT2D eigenvalue weighted by atomic mass is 16.1. The third-order valence-electron chi connectivity index (χ3n) is 4.51. The number of rotatable bonds is 6. The number of benzene rings is 1. The van der Waals surface area contributed by atoms with Crippen LogP contribution in [0.15, 0.2) is 42.7 Å². The predicted molar refractivity (Wildman–Crippen MR) is 104 cm³/mol. The van der Waals surface area contributed by atoms with E-state index in [0.717, 1.165) is 24.3 Å². The van der Waals surface area contributed by atoms with Crippen molar-refractivity contribution in [1.29, 1.82) is 0 Å². The number of nitrogens with zero attached hydrogens (tertiary/aromatic N) is 5. The van der Waals surface area contributed by atoms with Gasteiger partial charge < -0.3 is 15.5 Å². The average Bonchev–Trinajstić information content (AvgIpc) is 3.26. The topological polar surface area (TPSA) is 95.9 Å². The summed E-state index contributed by atoms with van der Waals surface area (Å²) in [5, 5.41) is 14.2. The van der Waals surface area contributed by atoms with E-state index >= 15 is 0 Å². The minimum Gasteiger partial charge on any atom is -0.370 e. The molecule has 2 N–H and O–H groups in total. The van der Waals surface area contributed by atoms with Gasteiger partial charge in [-0.05, 0) is 25.0 Å². The van der Waals surface area contributed by atoms with E-state index < -0.39 is 0 Å². The van der Waals surface area contributed by atoms with Gasteiger partial charge in [0.1, 0.15) is 5.69 Å². The second-order valence-electron chi connectivity index (χ2n) is 6.42. The highest BCUT2D eigenvalue weighted by Crippen LogP contribution is 2.20. The van der Waals surface area contributed by atoms with E-state index in [1.165, 1.54) is 19.0 Å². The summed E-state index contributed by atoms with van der Waals surface area (Å²) in [5.74, 6) is 0.464. The van der Waals surface area contributed by atoms with Crippen molar-refractivity contribution in [1.82, 2.24) is 25.5 Å². The molecule has 0 saturated carbocycles. The first-order valence-corrected chi connectivity index (χ1v) is 9.11. The van der Waals surface area contributed by atoms with Crippen molar-refractivity contribution in [2.45, 2.75) is 12.8 Å². The van der Waals surface area contributed by atoms with Crippen LogP contribution in [-0.2, 0) is 0 Å². The molecule has 27 heavy (non-hydrogen) atoms. The lowest BCUT2D eigenvalue weighted by molar-refractivity contribution is 0.0950. The Balaban J connectivity index is 1.29. The van der Waals surface area contributed by atoms with Crippen molar-refractivity contribution in [3.8, 4) is 0 Å². The third-order valence-corrected chi connectivity index (χ3v) is 4.51. The van der Waals surface area contributed by atoms with Gasteiger partial charge in [0.2, 0.25) is 0 Å². The molecule has 0 aliphatic carbocycles. The lowest BCUT2D eigenvalue weighted by Gasteiger charge is -2.17. The number of hydrogen-bond acceptors (Lipinski definition) is 7. The summed E-state index contributed by atoms with van der Waals surface area (Å²) in [6.45, 7) is 3.12. The summed E-state index contributed by atoms with van der Waals surface area (Å²) in [6, 6.07) is 9.47. The molecule has 3 heterocycles. The summed E-state index contributed by atoms with van der Waals surface area (Å²) >= 11 is 0. The molecular formula is C19H21N7O. The lowest BCUT2D eigenvalue weighted by atomic mass is 10.3. The maximum Gasteiger partial charge on any atom is 0.271 e. The number of para-hydroxylation sites is 2. The highest BCUT2D eigenvalue weighted by Gasteiger charge is 2.13. The Morgan fingerprint density at radius 2 is 1.89 bits per heavy atom. The maximum absolute atomic E-state index is 12.3.